The summed E-state index contributed by atoms with van der Waals surface area (Å²) in [7, 11) is -2.35. The highest BCUT2D eigenvalue weighted by atomic mass is 32.2. The van der Waals surface area contributed by atoms with Crippen molar-refractivity contribution < 1.29 is 27.1 Å². The van der Waals surface area contributed by atoms with Crippen LogP contribution in [0.4, 0.5) is 10.1 Å². The highest BCUT2D eigenvalue weighted by Gasteiger charge is 2.27. The highest BCUT2D eigenvalue weighted by Crippen LogP contribution is 2.29. The molecular weight excluding hydrogens is 375 g/mol. The zero-order valence-electron chi connectivity index (χ0n) is 14.6. The number of hydrogen-bond donors (Lipinski definition) is 1. The molecule has 0 bridgehead atoms. The summed E-state index contributed by atoms with van der Waals surface area (Å²) in [6.45, 7) is 1.16. The van der Waals surface area contributed by atoms with Crippen LogP contribution in [0.15, 0.2) is 47.4 Å². The van der Waals surface area contributed by atoms with Crippen LogP contribution in [0, 0.1) is 5.82 Å². The molecule has 0 unspecified atom stereocenters. The SMILES string of the molecule is COc1ccc(S(=O)(=O)N2CCOCC2)cc1NC(=O)c1ccccc1F. The quantitative estimate of drug-likeness (QED) is 0.840. The average molecular weight is 394 g/mol. The lowest BCUT2D eigenvalue weighted by molar-refractivity contribution is 0.0730. The summed E-state index contributed by atoms with van der Waals surface area (Å²) < 4.78 is 51.1. The second-order valence-electron chi connectivity index (χ2n) is 5.81. The molecule has 1 aliphatic rings. The van der Waals surface area contributed by atoms with E-state index in [1.54, 1.807) is 0 Å². The van der Waals surface area contributed by atoms with E-state index < -0.39 is 21.7 Å². The maximum absolute atomic E-state index is 13.8. The molecule has 27 heavy (non-hydrogen) atoms. The van der Waals surface area contributed by atoms with Crippen LogP contribution in [0.3, 0.4) is 0 Å². The van der Waals surface area contributed by atoms with Gasteiger partial charge in [0.15, 0.2) is 0 Å². The number of anilines is 1. The van der Waals surface area contributed by atoms with Crippen LogP contribution in [0.5, 0.6) is 5.75 Å². The number of amides is 1. The van der Waals surface area contributed by atoms with Gasteiger partial charge in [-0.3, -0.25) is 4.79 Å². The lowest BCUT2D eigenvalue weighted by atomic mass is 10.2. The van der Waals surface area contributed by atoms with E-state index in [-0.39, 0.29) is 35.0 Å². The van der Waals surface area contributed by atoms with Crippen LogP contribution in [-0.4, -0.2) is 52.0 Å². The zero-order valence-corrected chi connectivity index (χ0v) is 15.5. The third-order valence-electron chi connectivity index (χ3n) is 4.15. The summed E-state index contributed by atoms with van der Waals surface area (Å²) in [5, 5.41) is 2.52. The maximum atomic E-state index is 13.8. The number of ether oxygens (including phenoxy) is 2. The van der Waals surface area contributed by atoms with Gasteiger partial charge in [-0.25, -0.2) is 12.8 Å². The summed E-state index contributed by atoms with van der Waals surface area (Å²) in [6.07, 6.45) is 0. The summed E-state index contributed by atoms with van der Waals surface area (Å²) >= 11 is 0. The first-order chi connectivity index (χ1) is 12.9. The minimum Gasteiger partial charge on any atom is -0.495 e. The lowest BCUT2D eigenvalue weighted by Gasteiger charge is -2.26. The van der Waals surface area contributed by atoms with Gasteiger partial charge in [0.25, 0.3) is 5.91 Å². The van der Waals surface area contributed by atoms with Crippen molar-refractivity contribution in [3.63, 3.8) is 0 Å². The number of rotatable bonds is 5. The van der Waals surface area contributed by atoms with Gasteiger partial charge in [-0.05, 0) is 30.3 Å². The number of halogens is 1. The number of benzene rings is 2. The second-order valence-corrected chi connectivity index (χ2v) is 7.75. The topological polar surface area (TPSA) is 84.9 Å². The first-order valence-corrected chi connectivity index (χ1v) is 9.69. The number of nitrogens with one attached hydrogen (secondary N) is 1. The standard InChI is InChI=1S/C18H19FN2O5S/c1-25-17-7-6-13(27(23,24)21-8-10-26-11-9-21)12-16(17)20-18(22)14-4-2-3-5-15(14)19/h2-7,12H,8-11H2,1H3,(H,20,22). The van der Waals surface area contributed by atoms with Crippen molar-refractivity contribution in [1.29, 1.82) is 0 Å². The predicted octanol–water partition coefficient (Wildman–Crippen LogP) is 2.11. The smallest absolute Gasteiger partial charge is 0.258 e. The number of methoxy groups -OCH3 is 1. The molecule has 0 radical (unpaired) electrons. The molecule has 1 heterocycles. The van der Waals surface area contributed by atoms with Gasteiger partial charge in [-0.1, -0.05) is 12.1 Å². The first kappa shape index (κ1) is 19.3. The molecule has 1 amide bonds. The predicted molar refractivity (Wildman–Crippen MR) is 96.9 cm³/mol. The van der Waals surface area contributed by atoms with Crippen molar-refractivity contribution in [2.24, 2.45) is 0 Å². The number of hydrogen-bond acceptors (Lipinski definition) is 5. The van der Waals surface area contributed by atoms with E-state index in [1.807, 2.05) is 0 Å². The average Bonchev–Trinajstić information content (AvgIpc) is 2.69. The normalized spacial score (nSPS) is 15.3. The van der Waals surface area contributed by atoms with E-state index in [0.29, 0.717) is 13.2 Å². The monoisotopic (exact) mass is 394 g/mol. The minimum atomic E-state index is -3.75. The third-order valence-corrected chi connectivity index (χ3v) is 6.04. The van der Waals surface area contributed by atoms with Gasteiger partial charge in [0.1, 0.15) is 11.6 Å². The highest BCUT2D eigenvalue weighted by molar-refractivity contribution is 7.89. The Kier molecular flexibility index (Phi) is 5.73. The van der Waals surface area contributed by atoms with Crippen LogP contribution in [0.25, 0.3) is 0 Å². The molecule has 1 saturated heterocycles. The van der Waals surface area contributed by atoms with E-state index >= 15 is 0 Å². The van der Waals surface area contributed by atoms with Gasteiger partial charge >= 0.3 is 0 Å². The van der Waals surface area contributed by atoms with Gasteiger partial charge in [0.2, 0.25) is 10.0 Å². The molecular formula is C18H19FN2O5S. The Morgan fingerprint density at radius 2 is 1.89 bits per heavy atom. The van der Waals surface area contributed by atoms with Crippen LogP contribution in [0.2, 0.25) is 0 Å². The fourth-order valence-corrected chi connectivity index (χ4v) is 4.15. The van der Waals surface area contributed by atoms with Crippen LogP contribution in [0.1, 0.15) is 10.4 Å². The molecule has 0 spiro atoms. The Morgan fingerprint density at radius 3 is 2.56 bits per heavy atom. The Morgan fingerprint density at radius 1 is 1.19 bits per heavy atom. The van der Waals surface area contributed by atoms with E-state index in [0.717, 1.165) is 0 Å². The number of sulfonamides is 1. The number of carbonyl (C=O) groups is 1. The molecule has 144 valence electrons. The molecule has 1 fully saturated rings. The molecule has 7 nitrogen and oxygen atoms in total. The fourth-order valence-electron chi connectivity index (χ4n) is 2.72. The molecule has 0 aliphatic carbocycles. The van der Waals surface area contributed by atoms with Gasteiger partial charge < -0.3 is 14.8 Å². The van der Waals surface area contributed by atoms with Crippen molar-refractivity contribution in [2.75, 3.05) is 38.7 Å². The molecule has 0 aromatic heterocycles. The lowest BCUT2D eigenvalue weighted by Crippen LogP contribution is -2.40. The Hall–Kier alpha value is -2.49. The molecule has 0 atom stereocenters. The summed E-state index contributed by atoms with van der Waals surface area (Å²) in [4.78, 5) is 12.4. The molecule has 1 aliphatic heterocycles. The number of nitrogens with zero attached hydrogens (tertiary/aromatic N) is 1. The van der Waals surface area contributed by atoms with E-state index in [1.165, 1.54) is 53.9 Å². The number of morpholine rings is 1. The van der Waals surface area contributed by atoms with Crippen molar-refractivity contribution in [3.05, 3.63) is 53.8 Å². The Balaban J connectivity index is 1.92. The summed E-state index contributed by atoms with van der Waals surface area (Å²) in [5.74, 6) is -1.11. The van der Waals surface area contributed by atoms with E-state index in [4.69, 9.17) is 9.47 Å². The summed E-state index contributed by atoms with van der Waals surface area (Å²) in [6, 6.07) is 9.68. The maximum Gasteiger partial charge on any atom is 0.258 e. The molecule has 3 rings (SSSR count). The van der Waals surface area contributed by atoms with Gasteiger partial charge in [-0.2, -0.15) is 4.31 Å². The van der Waals surface area contributed by atoms with Crippen molar-refractivity contribution >= 4 is 21.6 Å². The van der Waals surface area contributed by atoms with Crippen LogP contribution in [-0.2, 0) is 14.8 Å². The fraction of sp³-hybridized carbons (Fsp3) is 0.278. The van der Waals surface area contributed by atoms with Crippen LogP contribution < -0.4 is 10.1 Å². The van der Waals surface area contributed by atoms with Gasteiger partial charge in [0.05, 0.1) is 36.5 Å². The van der Waals surface area contributed by atoms with Crippen molar-refractivity contribution in [3.8, 4) is 5.75 Å². The summed E-state index contributed by atoms with van der Waals surface area (Å²) in [5.41, 5.74) is -0.0129. The minimum absolute atomic E-state index is 0.00836. The van der Waals surface area contributed by atoms with Crippen molar-refractivity contribution in [1.82, 2.24) is 4.31 Å². The molecule has 2 aromatic rings. The molecule has 0 saturated carbocycles. The second kappa shape index (κ2) is 8.03. The Bertz CT molecular complexity index is 943. The molecule has 9 heteroatoms. The Labute approximate surface area is 156 Å². The van der Waals surface area contributed by atoms with Gasteiger partial charge in [-0.15, -0.1) is 0 Å². The van der Waals surface area contributed by atoms with Crippen LogP contribution >= 0.6 is 0 Å². The molecule has 2 aromatic carbocycles. The largest absolute Gasteiger partial charge is 0.495 e. The number of carbonyl (C=O) groups excluding carboxylic acids is 1. The first-order valence-electron chi connectivity index (χ1n) is 8.25. The van der Waals surface area contributed by atoms with E-state index in [2.05, 4.69) is 5.32 Å². The van der Waals surface area contributed by atoms with Gasteiger partial charge in [0, 0.05) is 13.1 Å². The third kappa shape index (κ3) is 4.10. The van der Waals surface area contributed by atoms with E-state index in [9.17, 15) is 17.6 Å². The zero-order chi connectivity index (χ0) is 19.4. The molecule has 1 N–H and O–H groups in total. The van der Waals surface area contributed by atoms with Crippen molar-refractivity contribution in [2.45, 2.75) is 4.90 Å².